The Morgan fingerprint density at radius 1 is 1.20 bits per heavy atom. The van der Waals surface area contributed by atoms with Crippen molar-refractivity contribution in [2.75, 3.05) is 26.2 Å². The third-order valence-corrected chi connectivity index (χ3v) is 3.33. The van der Waals surface area contributed by atoms with E-state index in [4.69, 9.17) is 0 Å². The molecule has 1 aliphatic heterocycles. The number of hydrogen-bond acceptors (Lipinski definition) is 2. The van der Waals surface area contributed by atoms with Crippen LogP contribution in [-0.2, 0) is 5.54 Å². The third kappa shape index (κ3) is 2.21. The number of rotatable bonds is 2. The van der Waals surface area contributed by atoms with Gasteiger partial charge in [0.1, 0.15) is 0 Å². The van der Waals surface area contributed by atoms with Crippen molar-refractivity contribution in [2.45, 2.75) is 19.4 Å². The molecule has 1 radical (unpaired) electrons. The maximum atomic E-state index is 3.39. The number of hydrogen-bond donors (Lipinski definition) is 1. The lowest BCUT2D eigenvalue weighted by Crippen LogP contribution is -2.51. The highest BCUT2D eigenvalue weighted by Crippen LogP contribution is 2.27. The van der Waals surface area contributed by atoms with Crippen LogP contribution in [0.3, 0.4) is 0 Å². The van der Waals surface area contributed by atoms with E-state index >= 15 is 0 Å². The van der Waals surface area contributed by atoms with Crippen molar-refractivity contribution in [3.8, 4) is 0 Å². The van der Waals surface area contributed by atoms with Crippen LogP contribution in [0, 0.1) is 6.07 Å². The van der Waals surface area contributed by atoms with Gasteiger partial charge in [0.05, 0.1) is 0 Å². The molecule has 2 heteroatoms. The predicted octanol–water partition coefficient (Wildman–Crippen LogP) is 1.63. The Bertz CT molecular complexity index is 300. The van der Waals surface area contributed by atoms with Gasteiger partial charge in [0, 0.05) is 31.7 Å². The van der Waals surface area contributed by atoms with Gasteiger partial charge in [0.25, 0.3) is 0 Å². The van der Waals surface area contributed by atoms with Gasteiger partial charge >= 0.3 is 0 Å². The molecule has 1 heterocycles. The Labute approximate surface area is 92.3 Å². The molecule has 1 aromatic rings. The van der Waals surface area contributed by atoms with E-state index < -0.39 is 0 Å². The largest absolute Gasteiger partial charge is 0.314 e. The van der Waals surface area contributed by atoms with Gasteiger partial charge in [0.2, 0.25) is 0 Å². The van der Waals surface area contributed by atoms with Crippen molar-refractivity contribution in [3.63, 3.8) is 0 Å². The van der Waals surface area contributed by atoms with Gasteiger partial charge < -0.3 is 5.32 Å². The molecule has 0 spiro atoms. The summed E-state index contributed by atoms with van der Waals surface area (Å²) in [4.78, 5) is 2.54. The first-order chi connectivity index (χ1) is 7.21. The summed E-state index contributed by atoms with van der Waals surface area (Å²) in [5.74, 6) is 0. The van der Waals surface area contributed by atoms with E-state index in [9.17, 15) is 0 Å². The highest BCUT2D eigenvalue weighted by atomic mass is 15.2. The summed E-state index contributed by atoms with van der Waals surface area (Å²) < 4.78 is 0. The summed E-state index contributed by atoms with van der Waals surface area (Å²) in [5.41, 5.74) is 1.51. The van der Waals surface area contributed by atoms with Gasteiger partial charge in [0.15, 0.2) is 0 Å². The summed E-state index contributed by atoms with van der Waals surface area (Å²) in [7, 11) is 0. The fourth-order valence-electron chi connectivity index (χ4n) is 2.20. The molecule has 1 N–H and O–H groups in total. The Kier molecular flexibility index (Phi) is 3.08. The fraction of sp³-hybridized carbons (Fsp3) is 0.538. The zero-order valence-electron chi connectivity index (χ0n) is 9.59. The Balaban J connectivity index is 2.18. The van der Waals surface area contributed by atoms with Gasteiger partial charge in [-0.2, -0.15) is 0 Å². The molecule has 81 valence electrons. The minimum absolute atomic E-state index is 0.136. The standard InChI is InChI=1S/C13H19N2/c1-13(2,12-6-4-3-5-7-12)15-10-8-14-9-11-15/h4-7,14H,8-11H2,1-2H3. The van der Waals surface area contributed by atoms with Crippen LogP contribution in [0.1, 0.15) is 19.4 Å². The Morgan fingerprint density at radius 3 is 2.40 bits per heavy atom. The molecule has 0 bridgehead atoms. The molecule has 0 aromatic heterocycles. The average molecular weight is 203 g/mol. The topological polar surface area (TPSA) is 15.3 Å². The molecule has 2 nitrogen and oxygen atoms in total. The summed E-state index contributed by atoms with van der Waals surface area (Å²) in [6.45, 7) is 9.06. The zero-order valence-corrected chi connectivity index (χ0v) is 9.59. The first kappa shape index (κ1) is 10.7. The van der Waals surface area contributed by atoms with Crippen molar-refractivity contribution >= 4 is 0 Å². The molecule has 0 unspecified atom stereocenters. The van der Waals surface area contributed by atoms with Crippen molar-refractivity contribution in [3.05, 3.63) is 35.9 Å². The molecule has 1 fully saturated rings. The third-order valence-electron chi connectivity index (χ3n) is 3.33. The van der Waals surface area contributed by atoms with Crippen LogP contribution in [0.2, 0.25) is 0 Å². The Morgan fingerprint density at radius 2 is 1.80 bits per heavy atom. The lowest BCUT2D eigenvalue weighted by Gasteiger charge is -2.41. The SMILES string of the molecule is CC(C)(c1cc[c]cc1)N1CCNCC1. The molecule has 0 aliphatic carbocycles. The van der Waals surface area contributed by atoms with E-state index in [0.29, 0.717) is 0 Å². The lowest BCUT2D eigenvalue weighted by atomic mass is 9.92. The molecule has 1 saturated heterocycles. The van der Waals surface area contributed by atoms with Gasteiger partial charge in [-0.3, -0.25) is 4.90 Å². The molecule has 0 amide bonds. The number of nitrogens with zero attached hydrogens (tertiary/aromatic N) is 1. The number of nitrogens with one attached hydrogen (secondary N) is 1. The molecule has 1 aliphatic rings. The summed E-state index contributed by atoms with van der Waals surface area (Å²) in [5, 5.41) is 3.39. The molecule has 15 heavy (non-hydrogen) atoms. The van der Waals surface area contributed by atoms with E-state index in [2.05, 4.69) is 42.3 Å². The maximum Gasteiger partial charge on any atom is 0.0405 e. The summed E-state index contributed by atoms with van der Waals surface area (Å²) in [6, 6.07) is 11.4. The van der Waals surface area contributed by atoms with Gasteiger partial charge in [-0.05, 0) is 25.5 Å². The molecule has 1 aromatic carbocycles. The second-order valence-corrected chi connectivity index (χ2v) is 4.58. The predicted molar refractivity (Wildman–Crippen MR) is 62.7 cm³/mol. The van der Waals surface area contributed by atoms with Crippen LogP contribution in [0.4, 0.5) is 0 Å². The minimum Gasteiger partial charge on any atom is -0.314 e. The van der Waals surface area contributed by atoms with Crippen molar-refractivity contribution in [2.24, 2.45) is 0 Å². The van der Waals surface area contributed by atoms with E-state index in [-0.39, 0.29) is 5.54 Å². The lowest BCUT2D eigenvalue weighted by molar-refractivity contribution is 0.102. The summed E-state index contributed by atoms with van der Waals surface area (Å²) >= 11 is 0. The van der Waals surface area contributed by atoms with E-state index in [1.54, 1.807) is 0 Å². The van der Waals surface area contributed by atoms with Gasteiger partial charge in [-0.15, -0.1) is 0 Å². The Hall–Kier alpha value is -0.860. The highest BCUT2D eigenvalue weighted by Gasteiger charge is 2.29. The first-order valence-corrected chi connectivity index (χ1v) is 5.63. The van der Waals surface area contributed by atoms with Crippen LogP contribution in [0.15, 0.2) is 24.3 Å². The van der Waals surface area contributed by atoms with Crippen LogP contribution in [0.5, 0.6) is 0 Å². The summed E-state index contributed by atoms with van der Waals surface area (Å²) in [6.07, 6.45) is 0. The van der Waals surface area contributed by atoms with Gasteiger partial charge in [-0.25, -0.2) is 0 Å². The number of benzene rings is 1. The van der Waals surface area contributed by atoms with Crippen molar-refractivity contribution in [1.82, 2.24) is 10.2 Å². The second kappa shape index (κ2) is 4.33. The first-order valence-electron chi connectivity index (χ1n) is 5.63. The van der Waals surface area contributed by atoms with Crippen LogP contribution >= 0.6 is 0 Å². The molecular formula is C13H19N2. The van der Waals surface area contributed by atoms with Crippen LogP contribution in [-0.4, -0.2) is 31.1 Å². The van der Waals surface area contributed by atoms with Crippen LogP contribution in [0.25, 0.3) is 0 Å². The molecule has 0 atom stereocenters. The number of piperazine rings is 1. The van der Waals surface area contributed by atoms with E-state index in [1.807, 2.05) is 12.1 Å². The molecular weight excluding hydrogens is 184 g/mol. The maximum absolute atomic E-state index is 3.39. The smallest absolute Gasteiger partial charge is 0.0405 e. The molecule has 2 rings (SSSR count). The van der Waals surface area contributed by atoms with E-state index in [1.165, 1.54) is 5.56 Å². The highest BCUT2D eigenvalue weighted by molar-refractivity contribution is 5.22. The van der Waals surface area contributed by atoms with Crippen molar-refractivity contribution in [1.29, 1.82) is 0 Å². The van der Waals surface area contributed by atoms with E-state index in [0.717, 1.165) is 26.2 Å². The van der Waals surface area contributed by atoms with Crippen molar-refractivity contribution < 1.29 is 0 Å². The second-order valence-electron chi connectivity index (χ2n) is 4.58. The quantitative estimate of drug-likeness (QED) is 0.786. The fourth-order valence-corrected chi connectivity index (χ4v) is 2.20. The average Bonchev–Trinajstić information content (AvgIpc) is 2.31. The normalized spacial score (nSPS) is 19.1. The minimum atomic E-state index is 0.136. The molecule has 0 saturated carbocycles. The zero-order chi connectivity index (χ0) is 10.7. The monoisotopic (exact) mass is 203 g/mol. The van der Waals surface area contributed by atoms with Gasteiger partial charge in [-0.1, -0.05) is 24.3 Å². The van der Waals surface area contributed by atoms with Crippen LogP contribution < -0.4 is 5.32 Å².